The molecule has 0 aromatic heterocycles. The highest BCUT2D eigenvalue weighted by molar-refractivity contribution is 8.14. The minimum atomic E-state index is -1.42. The van der Waals surface area contributed by atoms with E-state index < -0.39 is 40.7 Å². The van der Waals surface area contributed by atoms with Crippen LogP contribution in [0.3, 0.4) is 0 Å². The first-order chi connectivity index (χ1) is 17.6. The number of carbonyl (C=O) groups is 2. The molecule has 2 heterocycles. The molecule has 0 bridgehead atoms. The molecule has 2 N–H and O–H groups in total. The van der Waals surface area contributed by atoms with Gasteiger partial charge in [-0.15, -0.1) is 0 Å². The van der Waals surface area contributed by atoms with Crippen molar-refractivity contribution in [1.82, 2.24) is 5.32 Å². The number of hydrogen-bond donors (Lipinski definition) is 2. The van der Waals surface area contributed by atoms with Gasteiger partial charge in [-0.1, -0.05) is 67.9 Å². The molecule has 2 fully saturated rings. The zero-order valence-corrected chi connectivity index (χ0v) is 24.0. The Morgan fingerprint density at radius 1 is 1.18 bits per heavy atom. The van der Waals surface area contributed by atoms with Crippen LogP contribution in [0, 0.1) is 23.0 Å². The number of rotatable bonds is 5. The molecule has 1 spiro atoms. The number of benzene rings is 2. The van der Waals surface area contributed by atoms with Crippen LogP contribution in [0.1, 0.15) is 70.4 Å². The molecule has 2 aliphatic heterocycles. The first kappa shape index (κ1) is 28.0. The summed E-state index contributed by atoms with van der Waals surface area (Å²) in [6.45, 7) is 7.82. The van der Waals surface area contributed by atoms with E-state index in [0.29, 0.717) is 29.7 Å². The van der Waals surface area contributed by atoms with Gasteiger partial charge in [0.05, 0.1) is 27.1 Å². The predicted octanol–water partition coefficient (Wildman–Crippen LogP) is 6.82. The Kier molecular flexibility index (Phi) is 7.05. The van der Waals surface area contributed by atoms with Crippen molar-refractivity contribution >= 4 is 45.9 Å². The summed E-state index contributed by atoms with van der Waals surface area (Å²) in [5, 5.41) is 13.2. The van der Waals surface area contributed by atoms with Gasteiger partial charge in [0.15, 0.2) is 5.78 Å². The minimum Gasteiger partial charge on any atom is -0.390 e. The number of nitrogens with one attached hydrogen (secondary N) is 1. The van der Waals surface area contributed by atoms with E-state index in [0.717, 1.165) is 11.8 Å². The third-order valence-corrected chi connectivity index (χ3v) is 9.85. The Hall–Kier alpha value is -1.51. The largest absolute Gasteiger partial charge is 0.390 e. The third kappa shape index (κ3) is 4.62. The molecule has 0 unspecified atom stereocenters. The van der Waals surface area contributed by atoms with Gasteiger partial charge in [0, 0.05) is 23.3 Å². The molecule has 0 radical (unpaired) electrons. The van der Waals surface area contributed by atoms with Gasteiger partial charge in [0.2, 0.25) is 5.12 Å². The van der Waals surface area contributed by atoms with Crippen LogP contribution in [-0.2, 0) is 15.0 Å². The molecule has 9 heteroatoms. The second kappa shape index (κ2) is 9.55. The highest BCUT2D eigenvalue weighted by Gasteiger charge is 2.66. The fourth-order valence-corrected chi connectivity index (χ4v) is 8.49. The monoisotopic (exact) mass is 581 g/mol. The van der Waals surface area contributed by atoms with Crippen LogP contribution < -0.4 is 5.32 Å². The number of halogens is 4. The Bertz CT molecular complexity index is 1320. The number of hydrogen-bond acceptors (Lipinski definition) is 5. The summed E-state index contributed by atoms with van der Waals surface area (Å²) in [6, 6.07) is 5.82. The second-order valence-electron chi connectivity index (χ2n) is 12.5. The molecule has 4 atom stereocenters. The van der Waals surface area contributed by atoms with Crippen molar-refractivity contribution in [1.29, 1.82) is 0 Å². The van der Waals surface area contributed by atoms with Gasteiger partial charge in [-0.05, 0) is 66.8 Å². The van der Waals surface area contributed by atoms with E-state index >= 15 is 4.39 Å². The van der Waals surface area contributed by atoms with Gasteiger partial charge >= 0.3 is 0 Å². The number of Topliss-reactive ketones (excluding diaryl/α,β-unsaturated/α-hetero) is 1. The molecule has 4 nitrogen and oxygen atoms in total. The van der Waals surface area contributed by atoms with Crippen molar-refractivity contribution in [3.8, 4) is 0 Å². The maximum Gasteiger partial charge on any atom is 0.206 e. The highest BCUT2D eigenvalue weighted by atomic mass is 35.5. The van der Waals surface area contributed by atoms with E-state index in [1.165, 1.54) is 18.2 Å². The van der Waals surface area contributed by atoms with Gasteiger partial charge in [-0.25, -0.2) is 8.78 Å². The smallest absolute Gasteiger partial charge is 0.206 e. The summed E-state index contributed by atoms with van der Waals surface area (Å²) in [4.78, 5) is 28.6. The first-order valence-electron chi connectivity index (χ1n) is 12.8. The van der Waals surface area contributed by atoms with Gasteiger partial charge in [0.1, 0.15) is 11.6 Å². The van der Waals surface area contributed by atoms with Gasteiger partial charge < -0.3 is 10.4 Å². The van der Waals surface area contributed by atoms with Crippen LogP contribution >= 0.6 is 35.0 Å². The maximum atomic E-state index is 15.8. The molecule has 0 amide bonds. The average Bonchev–Trinajstić information content (AvgIpc) is 3.24. The molecular weight excluding hydrogens is 551 g/mol. The minimum absolute atomic E-state index is 0.000957. The predicted molar refractivity (Wildman–Crippen MR) is 146 cm³/mol. The van der Waals surface area contributed by atoms with Gasteiger partial charge in [-0.3, -0.25) is 9.59 Å². The second-order valence-corrected chi connectivity index (χ2v) is 14.4. The van der Waals surface area contributed by atoms with Crippen LogP contribution in [0.2, 0.25) is 10.0 Å². The molecule has 204 valence electrons. The van der Waals surface area contributed by atoms with Crippen LogP contribution in [0.25, 0.3) is 0 Å². The Balaban J connectivity index is 1.71. The van der Waals surface area contributed by atoms with E-state index in [1.54, 1.807) is 19.1 Å². The summed E-state index contributed by atoms with van der Waals surface area (Å²) >= 11 is 13.3. The molecule has 5 rings (SSSR count). The maximum absolute atomic E-state index is 15.8. The van der Waals surface area contributed by atoms with Crippen molar-refractivity contribution in [3.63, 3.8) is 0 Å². The summed E-state index contributed by atoms with van der Waals surface area (Å²) in [7, 11) is 0. The van der Waals surface area contributed by atoms with E-state index in [2.05, 4.69) is 5.32 Å². The fraction of sp³-hybridized carbons (Fsp3) is 0.517. The van der Waals surface area contributed by atoms with Crippen molar-refractivity contribution < 1.29 is 23.5 Å². The van der Waals surface area contributed by atoms with Crippen molar-refractivity contribution in [2.45, 2.75) is 87.3 Å². The van der Waals surface area contributed by atoms with Crippen molar-refractivity contribution in [3.05, 3.63) is 63.1 Å². The third-order valence-electron chi connectivity index (χ3n) is 8.19. The van der Waals surface area contributed by atoms with Crippen LogP contribution in [0.5, 0.6) is 0 Å². The highest BCUT2D eigenvalue weighted by Crippen LogP contribution is 2.61. The van der Waals surface area contributed by atoms with Gasteiger partial charge in [-0.2, -0.15) is 0 Å². The van der Waals surface area contributed by atoms with Crippen LogP contribution in [0.15, 0.2) is 35.2 Å². The fourth-order valence-electron chi connectivity index (χ4n) is 6.82. The molecule has 1 aliphatic carbocycles. The molecule has 1 saturated heterocycles. The lowest BCUT2D eigenvalue weighted by Gasteiger charge is -2.41. The average molecular weight is 583 g/mol. The van der Waals surface area contributed by atoms with E-state index in [-0.39, 0.29) is 44.3 Å². The van der Waals surface area contributed by atoms with Crippen molar-refractivity contribution in [2.75, 3.05) is 0 Å². The Morgan fingerprint density at radius 2 is 1.87 bits per heavy atom. The van der Waals surface area contributed by atoms with Crippen LogP contribution in [0.4, 0.5) is 8.78 Å². The van der Waals surface area contributed by atoms with E-state index in [9.17, 15) is 19.1 Å². The first-order valence-corrected chi connectivity index (χ1v) is 14.4. The van der Waals surface area contributed by atoms with Crippen LogP contribution in [-0.4, -0.2) is 33.7 Å². The number of aliphatic hydroxyl groups is 1. The zero-order valence-electron chi connectivity index (χ0n) is 21.7. The molecular formula is C29H31Cl2F2NO3S. The lowest BCUT2D eigenvalue weighted by molar-refractivity contribution is -0.126. The van der Waals surface area contributed by atoms with E-state index in [1.807, 2.05) is 20.8 Å². The normalized spacial score (nSPS) is 32.5. The van der Waals surface area contributed by atoms with Gasteiger partial charge in [0.25, 0.3) is 0 Å². The molecule has 3 aliphatic rings. The number of fused-ring (bicyclic) bond motifs is 2. The SMILES string of the molecule is CC(C)(C)C[C@H]1N[C@@H](C(=O)CC2CC(C)(O)C2)[C@H](c2cccc(Cl)c2F)[C@@]12C(=O)Sc1cc(Cl)c(F)cc12. The lowest BCUT2D eigenvalue weighted by atomic mass is 9.62. The molecule has 1 saturated carbocycles. The summed E-state index contributed by atoms with van der Waals surface area (Å²) in [5.41, 5.74) is -1.92. The topological polar surface area (TPSA) is 66.4 Å². The summed E-state index contributed by atoms with van der Waals surface area (Å²) in [5.74, 6) is -2.48. The standard InChI is InChI=1S/C29H31Cl2F2NO3S/c1-27(2,3)13-22-29(16-9-19(32)18(31)10-21(16)38-26(29)36)23(15-6-5-7-17(30)24(15)33)25(34-22)20(35)8-14-11-28(4,37)12-14/h5-7,9-10,14,22-23,25,34,37H,8,11-13H2,1-4H3/t14?,22-,23+,25+,28?,29+/m1/s1. The summed E-state index contributed by atoms with van der Waals surface area (Å²) in [6.07, 6.45) is 1.66. The van der Waals surface area contributed by atoms with E-state index in [4.69, 9.17) is 23.2 Å². The van der Waals surface area contributed by atoms with Crippen molar-refractivity contribution in [2.24, 2.45) is 11.3 Å². The lowest BCUT2D eigenvalue weighted by Crippen LogP contribution is -2.48. The summed E-state index contributed by atoms with van der Waals surface area (Å²) < 4.78 is 30.7. The quantitative estimate of drug-likeness (QED) is 0.405. The number of carbonyl (C=O) groups excluding carboxylic acids is 2. The molecule has 2 aromatic rings. The zero-order chi connectivity index (χ0) is 27.8. The number of ketones is 1. The Morgan fingerprint density at radius 3 is 2.50 bits per heavy atom. The number of thioether (sulfide) groups is 1. The Labute approximate surface area is 235 Å². The molecule has 2 aromatic carbocycles. The molecule has 38 heavy (non-hydrogen) atoms.